The Bertz CT molecular complexity index is 624. The summed E-state index contributed by atoms with van der Waals surface area (Å²) in [5.74, 6) is 1.24. The summed E-state index contributed by atoms with van der Waals surface area (Å²) in [4.78, 5) is 23.7. The van der Waals surface area contributed by atoms with E-state index in [-0.39, 0.29) is 0 Å². The molecule has 0 saturated carbocycles. The molecular weight excluding hydrogens is 340 g/mol. The molecule has 0 unspecified atom stereocenters. The molecule has 0 radical (unpaired) electrons. The van der Waals surface area contributed by atoms with Crippen LogP contribution in [0, 0.1) is 0 Å². The van der Waals surface area contributed by atoms with Crippen LogP contribution in [0.3, 0.4) is 0 Å². The highest BCUT2D eigenvalue weighted by Crippen LogP contribution is 2.11. The van der Waals surface area contributed by atoms with Crippen LogP contribution in [0.2, 0.25) is 0 Å². The molecule has 150 valence electrons. The number of aryl methyl sites for hydroxylation is 1. The molecule has 7 nitrogen and oxygen atoms in total. The van der Waals surface area contributed by atoms with Gasteiger partial charge in [-0.25, -0.2) is 0 Å². The maximum atomic E-state index is 12.6. The maximum Gasteiger partial charge on any atom is 0.236 e. The first-order chi connectivity index (χ1) is 13.2. The molecule has 3 heterocycles. The van der Waals surface area contributed by atoms with Gasteiger partial charge in [-0.3, -0.25) is 14.7 Å². The molecule has 1 aromatic heterocycles. The van der Waals surface area contributed by atoms with Gasteiger partial charge in [0.2, 0.25) is 5.91 Å². The van der Waals surface area contributed by atoms with Crippen molar-refractivity contribution in [2.24, 2.45) is 12.0 Å². The fraction of sp³-hybridized carbons (Fsp3) is 0.700. The van der Waals surface area contributed by atoms with Crippen LogP contribution in [0.15, 0.2) is 23.3 Å². The minimum absolute atomic E-state index is 0.302. The normalized spacial score (nSPS) is 19.9. The summed E-state index contributed by atoms with van der Waals surface area (Å²) in [6.07, 6.45) is 6.89. The smallest absolute Gasteiger partial charge is 0.236 e. The van der Waals surface area contributed by atoms with Gasteiger partial charge in [0.15, 0.2) is 5.96 Å². The highest BCUT2D eigenvalue weighted by atomic mass is 16.2. The van der Waals surface area contributed by atoms with Crippen molar-refractivity contribution in [3.05, 3.63) is 24.0 Å². The lowest BCUT2D eigenvalue weighted by Gasteiger charge is -2.37. The van der Waals surface area contributed by atoms with E-state index in [0.717, 1.165) is 64.6 Å². The lowest BCUT2D eigenvalue weighted by molar-refractivity contribution is -0.132. The molecule has 2 aliphatic rings. The molecule has 0 bridgehead atoms. The van der Waals surface area contributed by atoms with E-state index in [1.807, 2.05) is 7.05 Å². The first-order valence-corrected chi connectivity index (χ1v) is 10.2. The van der Waals surface area contributed by atoms with Crippen LogP contribution in [-0.2, 0) is 18.4 Å². The second-order valence-corrected chi connectivity index (χ2v) is 7.57. The number of carbonyl (C=O) groups is 1. The third-order valence-corrected chi connectivity index (χ3v) is 5.68. The Balaban J connectivity index is 1.43. The van der Waals surface area contributed by atoms with E-state index in [2.05, 4.69) is 55.0 Å². The highest BCUT2D eigenvalue weighted by molar-refractivity contribution is 5.80. The minimum atomic E-state index is 0.302. The molecule has 27 heavy (non-hydrogen) atoms. The number of carbonyl (C=O) groups excluding carboxylic acids is 1. The number of rotatable bonds is 4. The Morgan fingerprint density at radius 1 is 1.04 bits per heavy atom. The summed E-state index contributed by atoms with van der Waals surface area (Å²) in [5.41, 5.74) is 1.23. The van der Waals surface area contributed by atoms with Crippen LogP contribution in [0.5, 0.6) is 0 Å². The molecule has 1 N–H and O–H groups in total. The standard InChI is InChI=1S/C20H34N6O/c1-21-20(22-16-18-8-7-9-23(18)2)26-14-12-24(13-15-26)17-19(27)25-10-5-3-4-6-11-25/h7-9H,3-6,10-17H2,1-2H3,(H,21,22). The predicted molar refractivity (Wildman–Crippen MR) is 109 cm³/mol. The number of hydrogen-bond donors (Lipinski definition) is 1. The monoisotopic (exact) mass is 374 g/mol. The van der Waals surface area contributed by atoms with E-state index in [9.17, 15) is 4.79 Å². The highest BCUT2D eigenvalue weighted by Gasteiger charge is 2.23. The van der Waals surface area contributed by atoms with Crippen LogP contribution < -0.4 is 5.32 Å². The number of amides is 1. The lowest BCUT2D eigenvalue weighted by atomic mass is 10.2. The summed E-state index contributed by atoms with van der Waals surface area (Å²) in [6.45, 7) is 6.82. The third kappa shape index (κ3) is 5.48. The maximum absolute atomic E-state index is 12.6. The number of nitrogens with zero attached hydrogens (tertiary/aromatic N) is 5. The minimum Gasteiger partial charge on any atom is -0.353 e. The van der Waals surface area contributed by atoms with Gasteiger partial charge in [-0.2, -0.15) is 0 Å². The molecule has 2 saturated heterocycles. The summed E-state index contributed by atoms with van der Waals surface area (Å²) in [6, 6.07) is 4.17. The number of piperazine rings is 1. The van der Waals surface area contributed by atoms with Gasteiger partial charge in [0.05, 0.1) is 13.1 Å². The summed E-state index contributed by atoms with van der Waals surface area (Å²) >= 11 is 0. The molecule has 0 aromatic carbocycles. The Labute approximate surface area is 163 Å². The average molecular weight is 375 g/mol. The van der Waals surface area contributed by atoms with Crippen molar-refractivity contribution in [2.75, 3.05) is 52.9 Å². The molecule has 3 rings (SSSR count). The van der Waals surface area contributed by atoms with Gasteiger partial charge in [0, 0.05) is 65.3 Å². The van der Waals surface area contributed by atoms with E-state index in [1.54, 1.807) is 0 Å². The van der Waals surface area contributed by atoms with Gasteiger partial charge in [0.1, 0.15) is 0 Å². The van der Waals surface area contributed by atoms with Crippen LogP contribution in [0.1, 0.15) is 31.4 Å². The second-order valence-electron chi connectivity index (χ2n) is 7.57. The Hall–Kier alpha value is -2.02. The molecule has 1 amide bonds. The number of likely N-dealkylation sites (tertiary alicyclic amines) is 1. The molecule has 2 fully saturated rings. The van der Waals surface area contributed by atoms with Gasteiger partial charge in [-0.1, -0.05) is 12.8 Å². The van der Waals surface area contributed by atoms with Crippen LogP contribution in [0.25, 0.3) is 0 Å². The first-order valence-electron chi connectivity index (χ1n) is 10.2. The molecule has 0 aliphatic carbocycles. The molecule has 1 aromatic rings. The SMILES string of the molecule is CN=C(NCc1cccn1C)N1CCN(CC(=O)N2CCCCCC2)CC1. The van der Waals surface area contributed by atoms with E-state index in [0.29, 0.717) is 12.5 Å². The second kappa shape index (κ2) is 9.78. The largest absolute Gasteiger partial charge is 0.353 e. The fourth-order valence-corrected chi connectivity index (χ4v) is 3.91. The van der Waals surface area contributed by atoms with Crippen molar-refractivity contribution in [1.82, 2.24) is 24.6 Å². The van der Waals surface area contributed by atoms with Crippen LogP contribution in [-0.4, -0.2) is 84.0 Å². The zero-order chi connectivity index (χ0) is 19.1. The predicted octanol–water partition coefficient (Wildman–Crippen LogP) is 1.12. The molecular formula is C20H34N6O. The van der Waals surface area contributed by atoms with Crippen molar-refractivity contribution in [3.8, 4) is 0 Å². The van der Waals surface area contributed by atoms with E-state index < -0.39 is 0 Å². The van der Waals surface area contributed by atoms with Gasteiger partial charge in [-0.05, 0) is 25.0 Å². The Morgan fingerprint density at radius 2 is 1.74 bits per heavy atom. The van der Waals surface area contributed by atoms with E-state index >= 15 is 0 Å². The molecule has 7 heteroatoms. The van der Waals surface area contributed by atoms with Crippen molar-refractivity contribution in [2.45, 2.75) is 32.2 Å². The van der Waals surface area contributed by atoms with Gasteiger partial charge < -0.3 is 19.7 Å². The van der Waals surface area contributed by atoms with Crippen molar-refractivity contribution >= 4 is 11.9 Å². The first kappa shape index (κ1) is 19.7. The Kier molecular flexibility index (Phi) is 7.15. The van der Waals surface area contributed by atoms with Crippen molar-refractivity contribution < 1.29 is 4.79 Å². The molecule has 0 atom stereocenters. The lowest BCUT2D eigenvalue weighted by Crippen LogP contribution is -2.54. The van der Waals surface area contributed by atoms with Crippen LogP contribution >= 0.6 is 0 Å². The zero-order valence-electron chi connectivity index (χ0n) is 16.9. The topological polar surface area (TPSA) is 56.1 Å². The number of nitrogens with one attached hydrogen (secondary N) is 1. The number of aromatic nitrogens is 1. The van der Waals surface area contributed by atoms with E-state index in [1.165, 1.54) is 18.5 Å². The average Bonchev–Trinajstić information content (AvgIpc) is 2.92. The van der Waals surface area contributed by atoms with Crippen molar-refractivity contribution in [3.63, 3.8) is 0 Å². The Morgan fingerprint density at radius 3 is 2.33 bits per heavy atom. The number of guanidine groups is 1. The summed E-state index contributed by atoms with van der Waals surface area (Å²) in [7, 11) is 3.89. The zero-order valence-corrected chi connectivity index (χ0v) is 16.9. The van der Waals surface area contributed by atoms with Crippen LogP contribution in [0.4, 0.5) is 0 Å². The fourth-order valence-electron chi connectivity index (χ4n) is 3.91. The molecule has 0 spiro atoms. The van der Waals surface area contributed by atoms with Crippen molar-refractivity contribution in [1.29, 1.82) is 0 Å². The third-order valence-electron chi connectivity index (χ3n) is 5.68. The molecule has 2 aliphatic heterocycles. The summed E-state index contributed by atoms with van der Waals surface area (Å²) in [5, 5.41) is 3.46. The van der Waals surface area contributed by atoms with Gasteiger partial charge in [-0.15, -0.1) is 0 Å². The summed E-state index contributed by atoms with van der Waals surface area (Å²) < 4.78 is 2.12. The quantitative estimate of drug-likeness (QED) is 0.634. The number of aliphatic imine (C=N–C) groups is 1. The van der Waals surface area contributed by atoms with Gasteiger partial charge >= 0.3 is 0 Å². The van der Waals surface area contributed by atoms with E-state index in [4.69, 9.17) is 0 Å². The number of hydrogen-bond acceptors (Lipinski definition) is 3. The van der Waals surface area contributed by atoms with Gasteiger partial charge in [0.25, 0.3) is 0 Å².